The summed E-state index contributed by atoms with van der Waals surface area (Å²) in [4.78, 5) is 36.8. The molecule has 0 amide bonds. The van der Waals surface area contributed by atoms with Crippen LogP contribution in [0, 0.1) is 0 Å². The fourth-order valence-electron chi connectivity index (χ4n) is 2.46. The first-order valence-corrected chi connectivity index (χ1v) is 10.2. The number of nitrogens with zero attached hydrogens (tertiary/aromatic N) is 1. The molecule has 0 aromatic carbocycles. The van der Waals surface area contributed by atoms with E-state index >= 15 is 0 Å². The number of halogens is 1. The second-order valence-electron chi connectivity index (χ2n) is 6.37. The Balaban J connectivity index is 1.85. The Morgan fingerprint density at radius 2 is 2.19 bits per heavy atom. The minimum Gasteiger partial charge on any atom is -0.462 e. The number of hydrogen-bond acceptors (Lipinski definition) is 7. The maximum Gasteiger partial charge on any atom is 0.330 e. The van der Waals surface area contributed by atoms with Gasteiger partial charge in [0.05, 0.1) is 24.2 Å². The highest BCUT2D eigenvalue weighted by Crippen LogP contribution is 2.33. The number of aromatic amines is 1. The van der Waals surface area contributed by atoms with Crippen molar-refractivity contribution in [1.29, 1.82) is 0 Å². The minimum absolute atomic E-state index is 0.0332. The Morgan fingerprint density at radius 3 is 2.81 bits per heavy atom. The summed E-state index contributed by atoms with van der Waals surface area (Å²) < 4.78 is 29.1. The van der Waals surface area contributed by atoms with Gasteiger partial charge in [-0.1, -0.05) is 0 Å². The average molecular weight is 424 g/mol. The van der Waals surface area contributed by atoms with Crippen LogP contribution in [0.2, 0.25) is 0 Å². The van der Waals surface area contributed by atoms with Crippen LogP contribution in [0.5, 0.6) is 0 Å². The summed E-state index contributed by atoms with van der Waals surface area (Å²) in [6.45, 7) is 4.92. The van der Waals surface area contributed by atoms with Crippen LogP contribution < -0.4 is 16.3 Å². The number of aromatic nitrogens is 2. The van der Waals surface area contributed by atoms with Gasteiger partial charge in [-0.2, -0.15) is 0 Å². The second-order valence-corrected chi connectivity index (χ2v) is 8.08. The summed E-state index contributed by atoms with van der Waals surface area (Å²) in [5, 5.41) is 2.01. The molecule has 1 aliphatic heterocycles. The summed E-state index contributed by atoms with van der Waals surface area (Å²) in [6, 6.07) is 0.412. The van der Waals surface area contributed by atoms with Crippen molar-refractivity contribution in [1.82, 2.24) is 14.6 Å². The van der Waals surface area contributed by atoms with E-state index in [0.717, 1.165) is 0 Å². The van der Waals surface area contributed by atoms with Crippen molar-refractivity contribution >= 4 is 25.7 Å². The number of esters is 1. The highest BCUT2D eigenvalue weighted by atomic mass is 35.5. The van der Waals surface area contributed by atoms with Crippen LogP contribution in [0.4, 0.5) is 0 Å². The summed E-state index contributed by atoms with van der Waals surface area (Å²) in [6.07, 6.45) is 0.116. The zero-order chi connectivity index (χ0) is 20.1. The van der Waals surface area contributed by atoms with Gasteiger partial charge in [0.2, 0.25) is 0 Å². The van der Waals surface area contributed by atoms with Crippen molar-refractivity contribution in [2.24, 2.45) is 0 Å². The molecule has 27 heavy (non-hydrogen) atoms. The summed E-state index contributed by atoms with van der Waals surface area (Å²) in [5.41, 5.74) is -1.15. The molecule has 1 aromatic rings. The van der Waals surface area contributed by atoms with E-state index in [2.05, 4.69) is 10.1 Å². The normalized spacial score (nSPS) is 24.7. The van der Waals surface area contributed by atoms with Crippen molar-refractivity contribution in [2.45, 2.75) is 57.0 Å². The van der Waals surface area contributed by atoms with Gasteiger partial charge in [-0.25, -0.2) is 9.88 Å². The summed E-state index contributed by atoms with van der Waals surface area (Å²) >= 11 is 6.23. The Bertz CT molecular complexity index is 796. The number of rotatable bonds is 8. The van der Waals surface area contributed by atoms with Crippen molar-refractivity contribution in [2.75, 3.05) is 6.61 Å². The third-order valence-electron chi connectivity index (χ3n) is 3.69. The molecule has 2 heterocycles. The van der Waals surface area contributed by atoms with Crippen LogP contribution in [0.25, 0.3) is 0 Å². The molecule has 10 nitrogen and oxygen atoms in total. The molecule has 1 aromatic heterocycles. The zero-order valence-corrected chi connectivity index (χ0v) is 16.9. The first-order chi connectivity index (χ1) is 12.7. The second kappa shape index (κ2) is 9.66. The molecule has 0 radical (unpaired) electrons. The van der Waals surface area contributed by atoms with Crippen molar-refractivity contribution in [3.8, 4) is 0 Å². The predicted octanol–water partition coefficient (Wildman–Crippen LogP) is 0.768. The molecule has 2 rings (SSSR count). The fraction of sp³-hybridized carbons (Fsp3) is 0.667. The molecule has 1 fully saturated rings. The predicted molar refractivity (Wildman–Crippen MR) is 98.3 cm³/mol. The van der Waals surface area contributed by atoms with Crippen LogP contribution >= 0.6 is 19.8 Å². The van der Waals surface area contributed by atoms with Gasteiger partial charge in [0.15, 0.2) is 6.23 Å². The molecule has 1 aliphatic rings. The Labute approximate surface area is 161 Å². The molecule has 152 valence electrons. The first-order valence-electron chi connectivity index (χ1n) is 8.42. The number of carbonyl (C=O) groups is 1. The fourth-order valence-corrected chi connectivity index (χ4v) is 3.73. The van der Waals surface area contributed by atoms with E-state index in [9.17, 15) is 18.9 Å². The molecule has 1 saturated heterocycles. The molecule has 2 N–H and O–H groups in total. The van der Waals surface area contributed by atoms with Gasteiger partial charge in [-0.05, 0) is 27.2 Å². The lowest BCUT2D eigenvalue weighted by Crippen LogP contribution is -2.34. The van der Waals surface area contributed by atoms with Crippen molar-refractivity contribution in [3.63, 3.8) is 0 Å². The lowest BCUT2D eigenvalue weighted by Gasteiger charge is -2.18. The van der Waals surface area contributed by atoms with Gasteiger partial charge in [0, 0.05) is 12.3 Å². The molecule has 12 heteroatoms. The lowest BCUT2D eigenvalue weighted by atomic mass is 10.2. The maximum atomic E-state index is 12.0. The number of nitrogens with one attached hydrogen (secondary N) is 2. The van der Waals surface area contributed by atoms with Crippen LogP contribution in [0.1, 0.15) is 33.4 Å². The summed E-state index contributed by atoms with van der Waals surface area (Å²) in [5.74, 6) is -0.526. The van der Waals surface area contributed by atoms with Gasteiger partial charge in [-0.15, -0.1) is 11.6 Å². The van der Waals surface area contributed by atoms with Crippen molar-refractivity contribution < 1.29 is 23.4 Å². The van der Waals surface area contributed by atoms with Crippen molar-refractivity contribution in [3.05, 3.63) is 33.1 Å². The third-order valence-corrected chi connectivity index (χ3v) is 5.19. The number of H-pyrrole nitrogens is 1. The van der Waals surface area contributed by atoms with Crippen LogP contribution in [-0.4, -0.2) is 45.8 Å². The highest BCUT2D eigenvalue weighted by Gasteiger charge is 2.36. The van der Waals surface area contributed by atoms with Crippen LogP contribution in [-0.2, 0) is 23.4 Å². The van der Waals surface area contributed by atoms with Gasteiger partial charge < -0.3 is 14.0 Å². The van der Waals surface area contributed by atoms with Gasteiger partial charge in [0.1, 0.15) is 6.04 Å². The Kier molecular flexibility index (Phi) is 7.81. The molecular formula is C15H23ClN3O7P. The Hall–Kier alpha value is -1.45. The van der Waals surface area contributed by atoms with E-state index in [-0.39, 0.29) is 12.7 Å². The van der Waals surface area contributed by atoms with E-state index in [0.29, 0.717) is 6.42 Å². The molecule has 0 aliphatic carbocycles. The standard InChI is InChI=1S/C15H23ClN3O7P/c1-8(2)25-14(21)9(3)18-27(23)24-7-10-6-11(16)13(26-10)19-5-4-12(20)17-15(19)22/h4-5,8-11,13,27H,6-7H2,1-3H3,(H,18,23)(H,17,20,22)/t9-,10+,11+,13-/m1/s1. The lowest BCUT2D eigenvalue weighted by molar-refractivity contribution is -0.149. The maximum absolute atomic E-state index is 12.0. The number of hydrogen-bond donors (Lipinski definition) is 2. The zero-order valence-electron chi connectivity index (χ0n) is 15.1. The molecule has 0 bridgehead atoms. The van der Waals surface area contributed by atoms with Gasteiger partial charge in [-0.3, -0.25) is 23.7 Å². The average Bonchev–Trinajstić information content (AvgIpc) is 2.93. The van der Waals surface area contributed by atoms with E-state index < -0.39 is 49.1 Å². The Morgan fingerprint density at radius 1 is 1.48 bits per heavy atom. The van der Waals surface area contributed by atoms with E-state index in [4.69, 9.17) is 25.6 Å². The molecule has 0 spiro atoms. The smallest absolute Gasteiger partial charge is 0.330 e. The van der Waals surface area contributed by atoms with Gasteiger partial charge in [0.25, 0.3) is 13.7 Å². The highest BCUT2D eigenvalue weighted by molar-refractivity contribution is 7.36. The molecule has 5 atom stereocenters. The van der Waals surface area contributed by atoms with Gasteiger partial charge >= 0.3 is 11.7 Å². The van der Waals surface area contributed by atoms with E-state index in [1.54, 1.807) is 13.8 Å². The van der Waals surface area contributed by atoms with Crippen LogP contribution in [0.15, 0.2) is 21.9 Å². The van der Waals surface area contributed by atoms with E-state index in [1.165, 1.54) is 23.8 Å². The SMILES string of the molecule is CC(C)OC(=O)[C@@H](C)N[PH](=O)OC[C@@H]1C[C@H](Cl)[C@H](n2ccc(=O)[nH]c2=O)O1. The molecular weight excluding hydrogens is 401 g/mol. The molecule has 0 saturated carbocycles. The first kappa shape index (κ1) is 21.8. The van der Waals surface area contributed by atoms with Crippen LogP contribution in [0.3, 0.4) is 0 Å². The minimum atomic E-state index is -2.71. The number of ether oxygens (including phenoxy) is 2. The molecule has 1 unspecified atom stereocenters. The van der Waals surface area contributed by atoms with E-state index in [1.807, 2.05) is 0 Å². The topological polar surface area (TPSA) is 129 Å². The monoisotopic (exact) mass is 423 g/mol. The largest absolute Gasteiger partial charge is 0.462 e. The quantitative estimate of drug-likeness (QED) is 0.356. The number of carbonyl (C=O) groups excluding carboxylic acids is 1. The third kappa shape index (κ3) is 6.29. The number of alkyl halides is 1. The summed E-state index contributed by atoms with van der Waals surface area (Å²) in [7, 11) is -2.71.